The van der Waals surface area contributed by atoms with Gasteiger partial charge < -0.3 is 20.9 Å². The highest BCUT2D eigenvalue weighted by Gasteiger charge is 2.21. The summed E-state index contributed by atoms with van der Waals surface area (Å²) >= 11 is 5.88. The molecule has 2 aromatic carbocycles. The monoisotopic (exact) mass is 376 g/mol. The molecule has 0 heterocycles. The molecule has 0 aliphatic rings. The molecule has 2 rings (SSSR count). The predicted molar refractivity (Wildman–Crippen MR) is 101 cm³/mol. The van der Waals surface area contributed by atoms with Crippen LogP contribution in [0.25, 0.3) is 0 Å². The first-order valence-electron chi connectivity index (χ1n) is 8.04. The van der Waals surface area contributed by atoms with Gasteiger partial charge in [0.25, 0.3) is 0 Å². The van der Waals surface area contributed by atoms with Gasteiger partial charge in [0, 0.05) is 34.4 Å². The molecule has 0 saturated heterocycles. The van der Waals surface area contributed by atoms with Gasteiger partial charge in [-0.1, -0.05) is 18.5 Å². The van der Waals surface area contributed by atoms with Gasteiger partial charge in [0.15, 0.2) is 5.78 Å². The molecule has 0 fully saturated rings. The van der Waals surface area contributed by atoms with Crippen molar-refractivity contribution < 1.29 is 19.4 Å². The summed E-state index contributed by atoms with van der Waals surface area (Å²) in [5, 5.41) is 12.7. The molecule has 0 aromatic heterocycles. The number of methoxy groups -OCH3 is 1. The van der Waals surface area contributed by atoms with E-state index in [0.29, 0.717) is 27.6 Å². The van der Waals surface area contributed by atoms with Crippen LogP contribution in [-0.2, 0) is 4.79 Å². The van der Waals surface area contributed by atoms with Crippen LogP contribution in [0.4, 0.5) is 5.69 Å². The number of hydrogen-bond acceptors (Lipinski definition) is 5. The van der Waals surface area contributed by atoms with E-state index in [2.05, 4.69) is 5.32 Å². The minimum atomic E-state index is -0.966. The van der Waals surface area contributed by atoms with E-state index < -0.39 is 17.9 Å². The number of carbonyl (C=O) groups excluding carboxylic acids is 1. The third kappa shape index (κ3) is 4.74. The van der Waals surface area contributed by atoms with Gasteiger partial charge in [-0.3, -0.25) is 9.59 Å². The average Bonchev–Trinajstić information content (AvgIpc) is 2.65. The fourth-order valence-electron chi connectivity index (χ4n) is 2.34. The van der Waals surface area contributed by atoms with E-state index in [0.717, 1.165) is 0 Å². The number of carbonyl (C=O) groups is 2. The molecular formula is C19H21ClN2O4. The quantitative estimate of drug-likeness (QED) is 0.612. The molecule has 0 aliphatic heterocycles. The first-order chi connectivity index (χ1) is 12.3. The molecule has 2 aromatic rings. The van der Waals surface area contributed by atoms with Gasteiger partial charge in [0.1, 0.15) is 5.75 Å². The van der Waals surface area contributed by atoms with Crippen LogP contribution in [0.15, 0.2) is 42.5 Å². The molecule has 7 heteroatoms. The van der Waals surface area contributed by atoms with Gasteiger partial charge >= 0.3 is 5.97 Å². The van der Waals surface area contributed by atoms with Crippen molar-refractivity contribution in [2.45, 2.75) is 13.0 Å². The topological polar surface area (TPSA) is 102 Å². The molecule has 26 heavy (non-hydrogen) atoms. The van der Waals surface area contributed by atoms with Crippen LogP contribution in [0.5, 0.6) is 5.75 Å². The lowest BCUT2D eigenvalue weighted by Gasteiger charge is -2.19. The lowest BCUT2D eigenvalue weighted by Crippen LogP contribution is -2.39. The molecule has 2 atom stereocenters. The van der Waals surface area contributed by atoms with Gasteiger partial charge in [-0.05, 0) is 42.5 Å². The van der Waals surface area contributed by atoms with E-state index >= 15 is 0 Å². The van der Waals surface area contributed by atoms with Crippen molar-refractivity contribution in [3.05, 3.63) is 58.6 Å². The number of ketones is 1. The van der Waals surface area contributed by atoms with Crippen LogP contribution in [0.1, 0.15) is 22.8 Å². The van der Waals surface area contributed by atoms with Crippen LogP contribution in [0, 0.1) is 5.92 Å². The number of nitrogens with two attached hydrogens (primary N) is 1. The maximum atomic E-state index is 12.9. The van der Waals surface area contributed by atoms with E-state index in [1.807, 2.05) is 0 Å². The summed E-state index contributed by atoms with van der Waals surface area (Å²) in [6, 6.07) is 11.0. The largest absolute Gasteiger partial charge is 0.497 e. The first kappa shape index (κ1) is 19.8. The van der Waals surface area contributed by atoms with E-state index in [1.165, 1.54) is 7.11 Å². The number of anilines is 1. The fourth-order valence-corrected chi connectivity index (χ4v) is 2.46. The second-order valence-corrected chi connectivity index (χ2v) is 6.36. The third-order valence-electron chi connectivity index (χ3n) is 4.14. The number of rotatable bonds is 8. The van der Waals surface area contributed by atoms with Crippen LogP contribution in [-0.4, -0.2) is 36.6 Å². The summed E-state index contributed by atoms with van der Waals surface area (Å²) in [5.74, 6) is -1.35. The Labute approximate surface area is 156 Å². The molecule has 0 aliphatic carbocycles. The molecule has 138 valence electrons. The third-order valence-corrected chi connectivity index (χ3v) is 4.39. The maximum Gasteiger partial charge on any atom is 0.307 e. The number of benzene rings is 2. The highest BCUT2D eigenvalue weighted by molar-refractivity contribution is 6.30. The summed E-state index contributed by atoms with van der Waals surface area (Å²) in [4.78, 5) is 23.9. The van der Waals surface area contributed by atoms with Crippen molar-refractivity contribution in [1.29, 1.82) is 0 Å². The Hall–Kier alpha value is -2.57. The number of carboxylic acids is 1. The molecule has 0 radical (unpaired) electrons. The molecule has 0 spiro atoms. The summed E-state index contributed by atoms with van der Waals surface area (Å²) < 4.78 is 5.21. The highest BCUT2D eigenvalue weighted by atomic mass is 35.5. The van der Waals surface area contributed by atoms with E-state index in [-0.39, 0.29) is 12.3 Å². The van der Waals surface area contributed by atoms with Crippen molar-refractivity contribution in [3.8, 4) is 5.75 Å². The highest BCUT2D eigenvalue weighted by Crippen LogP contribution is 2.25. The second-order valence-electron chi connectivity index (χ2n) is 5.92. The summed E-state index contributed by atoms with van der Waals surface area (Å²) in [6.07, 6.45) is 0. The summed E-state index contributed by atoms with van der Waals surface area (Å²) in [5.41, 5.74) is 7.35. The minimum absolute atomic E-state index is 0.206. The van der Waals surface area contributed by atoms with Crippen LogP contribution in [0.3, 0.4) is 0 Å². The van der Waals surface area contributed by atoms with Crippen molar-refractivity contribution >= 4 is 29.0 Å². The Kier molecular flexibility index (Phi) is 6.60. The zero-order chi connectivity index (χ0) is 19.3. The van der Waals surface area contributed by atoms with Crippen molar-refractivity contribution in [1.82, 2.24) is 0 Å². The lowest BCUT2D eigenvalue weighted by molar-refractivity contribution is -0.141. The van der Waals surface area contributed by atoms with Gasteiger partial charge in [-0.15, -0.1) is 0 Å². The Balaban J connectivity index is 2.28. The number of aliphatic carboxylic acids is 1. The van der Waals surface area contributed by atoms with E-state index in [1.54, 1.807) is 49.4 Å². The van der Waals surface area contributed by atoms with Crippen molar-refractivity contribution in [3.63, 3.8) is 0 Å². The number of carboxylic acid groups (broad SMARTS) is 1. The van der Waals surface area contributed by atoms with Crippen LogP contribution in [0.2, 0.25) is 5.02 Å². The van der Waals surface area contributed by atoms with Gasteiger partial charge in [-0.2, -0.15) is 0 Å². The molecular weight excluding hydrogens is 356 g/mol. The average molecular weight is 377 g/mol. The first-order valence-corrected chi connectivity index (χ1v) is 8.42. The smallest absolute Gasteiger partial charge is 0.307 e. The van der Waals surface area contributed by atoms with Gasteiger partial charge in [0.05, 0.1) is 13.0 Å². The number of nitrogens with one attached hydrogen (secondary N) is 1. The number of hydrogen-bond donors (Lipinski definition) is 3. The Morgan fingerprint density at radius 1 is 1.23 bits per heavy atom. The SMILES string of the molecule is COc1ccc(NC[C@@H](N)[C@@H](C)C(=O)O)c(C(=O)c2ccc(Cl)cc2)c1. The second kappa shape index (κ2) is 8.69. The summed E-state index contributed by atoms with van der Waals surface area (Å²) in [7, 11) is 1.52. The molecule has 0 unspecified atom stereocenters. The lowest BCUT2D eigenvalue weighted by atomic mass is 10.00. The van der Waals surface area contributed by atoms with Gasteiger partial charge in [-0.25, -0.2) is 0 Å². The Morgan fingerprint density at radius 2 is 1.88 bits per heavy atom. The summed E-state index contributed by atoms with van der Waals surface area (Å²) in [6.45, 7) is 1.75. The van der Waals surface area contributed by atoms with Gasteiger partial charge in [0.2, 0.25) is 0 Å². The zero-order valence-electron chi connectivity index (χ0n) is 14.5. The van der Waals surface area contributed by atoms with Crippen molar-refractivity contribution in [2.24, 2.45) is 11.7 Å². The molecule has 6 nitrogen and oxygen atoms in total. The van der Waals surface area contributed by atoms with Crippen LogP contribution < -0.4 is 15.8 Å². The number of halogens is 1. The Morgan fingerprint density at radius 3 is 2.46 bits per heavy atom. The maximum absolute atomic E-state index is 12.9. The number of ether oxygens (including phenoxy) is 1. The van der Waals surface area contributed by atoms with E-state index in [4.69, 9.17) is 27.2 Å². The minimum Gasteiger partial charge on any atom is -0.497 e. The van der Waals surface area contributed by atoms with E-state index in [9.17, 15) is 9.59 Å². The molecule has 0 amide bonds. The molecule has 0 bridgehead atoms. The fraction of sp³-hybridized carbons (Fsp3) is 0.263. The molecule has 4 N–H and O–H groups in total. The normalized spacial score (nSPS) is 12.9. The van der Waals surface area contributed by atoms with Crippen LogP contribution >= 0.6 is 11.6 Å². The van der Waals surface area contributed by atoms with Crippen molar-refractivity contribution in [2.75, 3.05) is 19.0 Å². The Bertz CT molecular complexity index is 793. The molecule has 0 saturated carbocycles. The zero-order valence-corrected chi connectivity index (χ0v) is 15.3. The predicted octanol–water partition coefficient (Wildman–Crippen LogP) is 3.04. The standard InChI is InChI=1S/C19H21ClN2O4/c1-11(19(24)25)16(21)10-22-17-8-7-14(26-2)9-15(17)18(23)12-3-5-13(20)6-4-12/h3-9,11,16,22H,10,21H2,1-2H3,(H,24,25)/t11-,16-/m1/s1.